The van der Waals surface area contributed by atoms with Gasteiger partial charge in [-0.15, -0.1) is 0 Å². The number of carbonyl (C=O) groups is 1. The monoisotopic (exact) mass is 171 g/mol. The fourth-order valence-corrected chi connectivity index (χ4v) is 1.73. The standard InChI is InChI=1S/C9H14FNO/c1-7-2-5-11(6-7)8(12)9(10)3-4-9/h7H,2-6H2,1H3. The molecular weight excluding hydrogens is 157 g/mol. The van der Waals surface area contributed by atoms with Crippen LogP contribution in [0.4, 0.5) is 4.39 Å². The summed E-state index contributed by atoms with van der Waals surface area (Å²) < 4.78 is 13.3. The van der Waals surface area contributed by atoms with Gasteiger partial charge in [-0.2, -0.15) is 0 Å². The molecule has 2 aliphatic rings. The summed E-state index contributed by atoms with van der Waals surface area (Å²) in [5, 5.41) is 0. The Balaban J connectivity index is 1.97. The van der Waals surface area contributed by atoms with E-state index in [-0.39, 0.29) is 5.91 Å². The summed E-state index contributed by atoms with van der Waals surface area (Å²) >= 11 is 0. The Morgan fingerprint density at radius 1 is 1.58 bits per heavy atom. The molecule has 0 radical (unpaired) electrons. The number of alkyl halides is 1. The predicted molar refractivity (Wildman–Crippen MR) is 43.4 cm³/mol. The first-order chi connectivity index (χ1) is 5.62. The van der Waals surface area contributed by atoms with Crippen LogP contribution in [0.3, 0.4) is 0 Å². The van der Waals surface area contributed by atoms with E-state index in [1.807, 2.05) is 0 Å². The van der Waals surface area contributed by atoms with Crippen molar-refractivity contribution in [2.45, 2.75) is 31.9 Å². The highest BCUT2D eigenvalue weighted by atomic mass is 19.1. The molecule has 1 atom stereocenters. The number of hydrogen-bond donors (Lipinski definition) is 0. The van der Waals surface area contributed by atoms with Gasteiger partial charge < -0.3 is 4.90 Å². The van der Waals surface area contributed by atoms with Gasteiger partial charge >= 0.3 is 0 Å². The normalized spacial score (nSPS) is 32.2. The molecule has 2 fully saturated rings. The molecule has 0 bridgehead atoms. The Hall–Kier alpha value is -0.600. The SMILES string of the molecule is CC1CCN(C(=O)C2(F)CC2)C1. The molecule has 68 valence electrons. The lowest BCUT2D eigenvalue weighted by Crippen LogP contribution is -2.36. The van der Waals surface area contributed by atoms with Crippen LogP contribution in [0.2, 0.25) is 0 Å². The first-order valence-corrected chi connectivity index (χ1v) is 4.60. The number of amides is 1. The number of nitrogens with zero attached hydrogens (tertiary/aromatic N) is 1. The van der Waals surface area contributed by atoms with Crippen LogP contribution in [0.15, 0.2) is 0 Å². The summed E-state index contributed by atoms with van der Waals surface area (Å²) in [6, 6.07) is 0. The molecule has 0 spiro atoms. The smallest absolute Gasteiger partial charge is 0.260 e. The van der Waals surface area contributed by atoms with E-state index in [1.165, 1.54) is 0 Å². The van der Waals surface area contributed by atoms with Crippen molar-refractivity contribution >= 4 is 5.91 Å². The lowest BCUT2D eigenvalue weighted by Gasteiger charge is -2.17. The maximum atomic E-state index is 13.3. The molecule has 1 amide bonds. The first-order valence-electron chi connectivity index (χ1n) is 4.60. The van der Waals surface area contributed by atoms with Gasteiger partial charge in [-0.25, -0.2) is 4.39 Å². The molecule has 1 heterocycles. The highest BCUT2D eigenvalue weighted by Gasteiger charge is 2.53. The van der Waals surface area contributed by atoms with Gasteiger partial charge in [0, 0.05) is 13.1 Å². The Labute approximate surface area is 71.7 Å². The fraction of sp³-hybridized carbons (Fsp3) is 0.889. The van der Waals surface area contributed by atoms with E-state index < -0.39 is 5.67 Å². The number of halogens is 1. The average molecular weight is 171 g/mol. The largest absolute Gasteiger partial charge is 0.340 e. The van der Waals surface area contributed by atoms with Crippen molar-refractivity contribution in [3.8, 4) is 0 Å². The summed E-state index contributed by atoms with van der Waals surface area (Å²) in [6.07, 6.45) is 1.91. The molecule has 0 aromatic rings. The predicted octanol–water partition coefficient (Wildman–Crippen LogP) is 1.36. The molecule has 0 aromatic heterocycles. The molecule has 2 nitrogen and oxygen atoms in total. The molecule has 1 unspecified atom stereocenters. The zero-order chi connectivity index (χ0) is 8.77. The molecule has 1 saturated heterocycles. The lowest BCUT2D eigenvalue weighted by atomic mass is 10.2. The highest BCUT2D eigenvalue weighted by Crippen LogP contribution is 2.42. The quantitative estimate of drug-likeness (QED) is 0.583. The van der Waals surface area contributed by atoms with Gasteiger partial charge in [0.2, 0.25) is 0 Å². The van der Waals surface area contributed by atoms with Crippen LogP contribution in [-0.4, -0.2) is 29.6 Å². The van der Waals surface area contributed by atoms with Crippen LogP contribution in [0.25, 0.3) is 0 Å². The molecule has 3 heteroatoms. The number of hydrogen-bond acceptors (Lipinski definition) is 1. The zero-order valence-corrected chi connectivity index (χ0v) is 7.35. The lowest BCUT2D eigenvalue weighted by molar-refractivity contribution is -0.137. The van der Waals surface area contributed by atoms with Crippen molar-refractivity contribution in [1.82, 2.24) is 4.90 Å². The summed E-state index contributed by atoms with van der Waals surface area (Å²) in [7, 11) is 0. The Kier molecular flexibility index (Phi) is 1.63. The summed E-state index contributed by atoms with van der Waals surface area (Å²) in [5.41, 5.74) is -1.45. The van der Waals surface area contributed by atoms with Crippen LogP contribution in [0.1, 0.15) is 26.2 Å². The van der Waals surface area contributed by atoms with Gasteiger partial charge in [-0.1, -0.05) is 6.92 Å². The zero-order valence-electron chi connectivity index (χ0n) is 7.35. The summed E-state index contributed by atoms with van der Waals surface area (Å²) in [6.45, 7) is 3.61. The second kappa shape index (κ2) is 2.44. The van der Waals surface area contributed by atoms with E-state index in [0.29, 0.717) is 18.8 Å². The van der Waals surface area contributed by atoms with Crippen LogP contribution in [0, 0.1) is 5.92 Å². The highest BCUT2D eigenvalue weighted by molar-refractivity contribution is 5.88. The molecular formula is C9H14FNO. The van der Waals surface area contributed by atoms with E-state index in [1.54, 1.807) is 4.90 Å². The van der Waals surface area contributed by atoms with Gasteiger partial charge in [0.25, 0.3) is 5.91 Å². The van der Waals surface area contributed by atoms with Crippen molar-refractivity contribution in [3.05, 3.63) is 0 Å². The van der Waals surface area contributed by atoms with Crippen LogP contribution >= 0.6 is 0 Å². The first kappa shape index (κ1) is 8.02. The van der Waals surface area contributed by atoms with Gasteiger partial charge in [0.05, 0.1) is 0 Å². The van der Waals surface area contributed by atoms with Gasteiger partial charge in [-0.3, -0.25) is 4.79 Å². The van der Waals surface area contributed by atoms with Gasteiger partial charge in [-0.05, 0) is 25.2 Å². The van der Waals surface area contributed by atoms with Crippen molar-refractivity contribution in [2.24, 2.45) is 5.92 Å². The van der Waals surface area contributed by atoms with E-state index >= 15 is 0 Å². The molecule has 12 heavy (non-hydrogen) atoms. The third-order valence-electron chi connectivity index (χ3n) is 2.78. The Morgan fingerprint density at radius 3 is 2.67 bits per heavy atom. The third-order valence-corrected chi connectivity index (χ3v) is 2.78. The van der Waals surface area contributed by atoms with E-state index in [2.05, 4.69) is 6.92 Å². The van der Waals surface area contributed by atoms with Gasteiger partial charge in [0.1, 0.15) is 0 Å². The maximum Gasteiger partial charge on any atom is 0.260 e. The van der Waals surface area contributed by atoms with Crippen LogP contribution < -0.4 is 0 Å². The Morgan fingerprint density at radius 2 is 2.25 bits per heavy atom. The van der Waals surface area contributed by atoms with Crippen molar-refractivity contribution in [3.63, 3.8) is 0 Å². The number of likely N-dealkylation sites (tertiary alicyclic amines) is 1. The fourth-order valence-electron chi connectivity index (χ4n) is 1.73. The van der Waals surface area contributed by atoms with E-state index in [0.717, 1.165) is 19.5 Å². The molecule has 1 aliphatic carbocycles. The van der Waals surface area contributed by atoms with Crippen molar-refractivity contribution < 1.29 is 9.18 Å². The average Bonchev–Trinajstić information content (AvgIpc) is 2.62. The second-order valence-corrected chi connectivity index (χ2v) is 4.11. The van der Waals surface area contributed by atoms with Crippen molar-refractivity contribution in [1.29, 1.82) is 0 Å². The molecule has 0 N–H and O–H groups in total. The van der Waals surface area contributed by atoms with Crippen molar-refractivity contribution in [2.75, 3.05) is 13.1 Å². The van der Waals surface area contributed by atoms with Crippen LogP contribution in [-0.2, 0) is 4.79 Å². The van der Waals surface area contributed by atoms with Crippen LogP contribution in [0.5, 0.6) is 0 Å². The maximum absolute atomic E-state index is 13.3. The molecule has 1 saturated carbocycles. The number of carbonyl (C=O) groups excluding carboxylic acids is 1. The molecule has 1 aliphatic heterocycles. The van der Waals surface area contributed by atoms with E-state index in [4.69, 9.17) is 0 Å². The molecule has 0 aromatic carbocycles. The Bertz CT molecular complexity index is 213. The summed E-state index contributed by atoms with van der Waals surface area (Å²) in [4.78, 5) is 13.1. The minimum absolute atomic E-state index is 0.258. The second-order valence-electron chi connectivity index (χ2n) is 4.11. The third kappa shape index (κ3) is 1.21. The summed E-state index contributed by atoms with van der Waals surface area (Å²) in [5.74, 6) is 0.295. The number of rotatable bonds is 1. The topological polar surface area (TPSA) is 20.3 Å². The minimum Gasteiger partial charge on any atom is -0.340 e. The van der Waals surface area contributed by atoms with E-state index in [9.17, 15) is 9.18 Å². The van der Waals surface area contributed by atoms with Gasteiger partial charge in [0.15, 0.2) is 5.67 Å². The molecule has 2 rings (SSSR count). The minimum atomic E-state index is -1.45.